The fourth-order valence-electron chi connectivity index (χ4n) is 3.20. The summed E-state index contributed by atoms with van der Waals surface area (Å²) in [4.78, 5) is 28.3. The fourth-order valence-corrected chi connectivity index (χ4v) is 4.27. The molecule has 26 heavy (non-hydrogen) atoms. The lowest BCUT2D eigenvalue weighted by Gasteiger charge is -2.10. The maximum atomic E-state index is 12.1. The lowest BCUT2D eigenvalue weighted by atomic mass is 10.1. The number of nitrogens with one attached hydrogen (secondary N) is 1. The van der Waals surface area contributed by atoms with Gasteiger partial charge in [0.25, 0.3) is 5.91 Å². The molecule has 0 spiro atoms. The van der Waals surface area contributed by atoms with E-state index in [1.54, 1.807) is 0 Å². The second-order valence-corrected chi connectivity index (χ2v) is 8.63. The Morgan fingerprint density at radius 2 is 2.15 bits per heavy atom. The highest BCUT2D eigenvalue weighted by atomic mass is 32.2. The Balaban J connectivity index is 1.52. The minimum absolute atomic E-state index is 0.0794. The summed E-state index contributed by atoms with van der Waals surface area (Å²) in [5.74, 6) is 2.17. The largest absolute Gasteiger partial charge is 0.356 e. The van der Waals surface area contributed by atoms with Crippen LogP contribution in [0.2, 0.25) is 0 Å². The van der Waals surface area contributed by atoms with Crippen LogP contribution in [-0.2, 0) is 29.0 Å². The summed E-state index contributed by atoms with van der Waals surface area (Å²) in [6.45, 7) is 5.83. The number of amides is 2. The Kier molecular flexibility index (Phi) is 6.45. The van der Waals surface area contributed by atoms with Gasteiger partial charge in [0.1, 0.15) is 16.9 Å². The zero-order valence-corrected chi connectivity index (χ0v) is 16.3. The highest BCUT2D eigenvalue weighted by Gasteiger charge is 2.31. The molecule has 0 bridgehead atoms. The van der Waals surface area contributed by atoms with Gasteiger partial charge in [0, 0.05) is 25.9 Å². The van der Waals surface area contributed by atoms with Gasteiger partial charge in [-0.15, -0.1) is 10.2 Å². The van der Waals surface area contributed by atoms with Crippen molar-refractivity contribution in [3.05, 3.63) is 11.6 Å². The van der Waals surface area contributed by atoms with E-state index in [0.29, 0.717) is 18.9 Å². The van der Waals surface area contributed by atoms with E-state index < -0.39 is 5.25 Å². The minimum Gasteiger partial charge on any atom is -0.356 e. The van der Waals surface area contributed by atoms with Crippen molar-refractivity contribution in [2.24, 2.45) is 10.9 Å². The lowest BCUT2D eigenvalue weighted by Crippen LogP contribution is -2.29. The first-order valence-electron chi connectivity index (χ1n) is 9.48. The molecule has 0 aromatic carbocycles. The van der Waals surface area contributed by atoms with Crippen LogP contribution in [0.5, 0.6) is 0 Å². The van der Waals surface area contributed by atoms with Gasteiger partial charge in [-0.05, 0) is 25.2 Å². The molecule has 0 radical (unpaired) electrons. The molecule has 0 aliphatic carbocycles. The average Bonchev–Trinajstić information content (AvgIpc) is 3.01. The Morgan fingerprint density at radius 1 is 1.31 bits per heavy atom. The summed E-state index contributed by atoms with van der Waals surface area (Å²) >= 11 is 1.40. The van der Waals surface area contributed by atoms with E-state index in [4.69, 9.17) is 0 Å². The van der Waals surface area contributed by atoms with Gasteiger partial charge in [-0.3, -0.25) is 9.59 Å². The molecule has 2 aliphatic rings. The molecule has 2 aliphatic heterocycles. The number of aryl methyl sites for hydroxylation is 1. The van der Waals surface area contributed by atoms with Crippen molar-refractivity contribution in [2.75, 3.05) is 6.54 Å². The highest BCUT2D eigenvalue weighted by molar-refractivity contribution is 8.15. The Hall–Kier alpha value is -1.70. The van der Waals surface area contributed by atoms with Crippen molar-refractivity contribution in [3.8, 4) is 0 Å². The molecule has 7 nitrogen and oxygen atoms in total. The topological polar surface area (TPSA) is 89.2 Å². The van der Waals surface area contributed by atoms with Gasteiger partial charge in [0.05, 0.1) is 11.5 Å². The Morgan fingerprint density at radius 3 is 2.96 bits per heavy atom. The summed E-state index contributed by atoms with van der Waals surface area (Å²) < 4.78 is 2.17. The van der Waals surface area contributed by atoms with Crippen molar-refractivity contribution in [2.45, 2.75) is 70.6 Å². The SMILES string of the molecule is CC(C)CCNC(=O)C[C@H]1SC(Cc2nnc3n2CCCCC3)=NC1=O. The summed E-state index contributed by atoms with van der Waals surface area (Å²) in [5, 5.41) is 11.8. The first-order chi connectivity index (χ1) is 12.5. The Labute approximate surface area is 158 Å². The normalized spacial score (nSPS) is 20.0. The van der Waals surface area contributed by atoms with Crippen LogP contribution in [-0.4, -0.2) is 43.4 Å². The van der Waals surface area contributed by atoms with Crippen molar-refractivity contribution < 1.29 is 9.59 Å². The van der Waals surface area contributed by atoms with Crippen LogP contribution < -0.4 is 5.32 Å². The molecule has 1 aromatic rings. The predicted octanol–water partition coefficient (Wildman–Crippen LogP) is 2.14. The summed E-state index contributed by atoms with van der Waals surface area (Å²) in [6.07, 6.45) is 6.12. The van der Waals surface area contributed by atoms with Gasteiger partial charge in [-0.25, -0.2) is 4.99 Å². The molecule has 1 aromatic heterocycles. The van der Waals surface area contributed by atoms with Crippen LogP contribution in [0.25, 0.3) is 0 Å². The van der Waals surface area contributed by atoms with E-state index in [2.05, 4.69) is 38.9 Å². The second kappa shape index (κ2) is 8.79. The number of hydrogen-bond donors (Lipinski definition) is 1. The monoisotopic (exact) mass is 377 g/mol. The number of aromatic nitrogens is 3. The summed E-state index contributed by atoms with van der Waals surface area (Å²) in [7, 11) is 0. The molecule has 3 heterocycles. The van der Waals surface area contributed by atoms with E-state index in [1.807, 2.05) is 0 Å². The molecule has 0 unspecified atom stereocenters. The lowest BCUT2D eigenvalue weighted by molar-refractivity contribution is -0.124. The van der Waals surface area contributed by atoms with Crippen LogP contribution in [0.3, 0.4) is 0 Å². The number of hydrogen-bond acceptors (Lipinski definition) is 5. The van der Waals surface area contributed by atoms with E-state index in [0.717, 1.165) is 48.9 Å². The maximum Gasteiger partial charge on any atom is 0.260 e. The predicted molar refractivity (Wildman–Crippen MR) is 102 cm³/mol. The zero-order valence-electron chi connectivity index (χ0n) is 15.5. The van der Waals surface area contributed by atoms with E-state index >= 15 is 0 Å². The molecule has 0 fully saturated rings. The number of thioether (sulfide) groups is 1. The maximum absolute atomic E-state index is 12.1. The number of carbonyl (C=O) groups excluding carboxylic acids is 2. The molecular weight excluding hydrogens is 350 g/mol. The molecule has 3 rings (SSSR count). The third kappa shape index (κ3) is 4.93. The quantitative estimate of drug-likeness (QED) is 0.786. The van der Waals surface area contributed by atoms with Gasteiger partial charge >= 0.3 is 0 Å². The minimum atomic E-state index is -0.407. The molecule has 0 saturated carbocycles. The second-order valence-electron chi connectivity index (χ2n) is 7.36. The van der Waals surface area contributed by atoms with Gasteiger partial charge in [-0.2, -0.15) is 0 Å². The van der Waals surface area contributed by atoms with Crippen LogP contribution in [0.1, 0.15) is 57.6 Å². The summed E-state index contributed by atoms with van der Waals surface area (Å²) in [5.41, 5.74) is 0. The summed E-state index contributed by atoms with van der Waals surface area (Å²) in [6, 6.07) is 0. The third-order valence-corrected chi connectivity index (χ3v) is 5.86. The number of nitrogens with zero attached hydrogens (tertiary/aromatic N) is 4. The smallest absolute Gasteiger partial charge is 0.260 e. The van der Waals surface area contributed by atoms with E-state index in [1.165, 1.54) is 18.2 Å². The van der Waals surface area contributed by atoms with Crippen molar-refractivity contribution in [1.29, 1.82) is 0 Å². The molecule has 8 heteroatoms. The first kappa shape index (κ1) is 19.1. The number of fused-ring (bicyclic) bond motifs is 1. The molecule has 1 N–H and O–H groups in total. The number of aliphatic imine (C=N–C) groups is 1. The van der Waals surface area contributed by atoms with Gasteiger partial charge < -0.3 is 9.88 Å². The van der Waals surface area contributed by atoms with Crippen LogP contribution >= 0.6 is 11.8 Å². The third-order valence-electron chi connectivity index (χ3n) is 4.70. The molecule has 1 atom stereocenters. The number of carbonyl (C=O) groups is 2. The van der Waals surface area contributed by atoms with Crippen molar-refractivity contribution in [3.63, 3.8) is 0 Å². The van der Waals surface area contributed by atoms with E-state index in [9.17, 15) is 9.59 Å². The average molecular weight is 378 g/mol. The fraction of sp³-hybridized carbons (Fsp3) is 0.722. The van der Waals surface area contributed by atoms with Gasteiger partial charge in [-0.1, -0.05) is 32.0 Å². The van der Waals surface area contributed by atoms with Crippen LogP contribution in [0, 0.1) is 5.92 Å². The van der Waals surface area contributed by atoms with Gasteiger partial charge in [0.2, 0.25) is 5.91 Å². The molecule has 142 valence electrons. The Bertz CT molecular complexity index is 698. The molecule has 2 amide bonds. The zero-order chi connectivity index (χ0) is 18.5. The molecule has 0 saturated heterocycles. The highest BCUT2D eigenvalue weighted by Crippen LogP contribution is 2.27. The standard InChI is InChI=1S/C18H27N5O2S/c1-12(2)7-8-19-16(24)10-13-18(25)20-17(26-13)11-15-22-21-14-6-4-3-5-9-23(14)15/h12-13H,3-11H2,1-2H3,(H,19,24)/t13-/m1/s1. The van der Waals surface area contributed by atoms with Crippen LogP contribution in [0.4, 0.5) is 0 Å². The van der Waals surface area contributed by atoms with E-state index in [-0.39, 0.29) is 18.2 Å². The number of rotatable bonds is 7. The van der Waals surface area contributed by atoms with Crippen molar-refractivity contribution >= 4 is 28.6 Å². The molecular formula is C18H27N5O2S. The first-order valence-corrected chi connectivity index (χ1v) is 10.4. The van der Waals surface area contributed by atoms with Crippen LogP contribution in [0.15, 0.2) is 4.99 Å². The van der Waals surface area contributed by atoms with Crippen molar-refractivity contribution in [1.82, 2.24) is 20.1 Å². The van der Waals surface area contributed by atoms with Gasteiger partial charge in [0.15, 0.2) is 0 Å².